The van der Waals surface area contributed by atoms with Gasteiger partial charge in [0.15, 0.2) is 0 Å². The molecule has 96 valence electrons. The van der Waals surface area contributed by atoms with Gasteiger partial charge in [-0.2, -0.15) is 0 Å². The minimum absolute atomic E-state index is 0.335. The molecule has 0 aromatic carbocycles. The molecule has 0 bridgehead atoms. The Balaban J connectivity index is 2.72. The van der Waals surface area contributed by atoms with Crippen LogP contribution in [0.15, 0.2) is 0 Å². The van der Waals surface area contributed by atoms with E-state index >= 15 is 0 Å². The molecule has 1 rings (SSSR count). The molecule has 0 heterocycles. The smallest absolute Gasteiger partial charge is 0.209 e. The Morgan fingerprint density at radius 1 is 0.812 bits per heavy atom. The lowest BCUT2D eigenvalue weighted by Gasteiger charge is -2.31. The number of nitrogens with one attached hydrogen (secondary N) is 2. The molecule has 0 aliphatic heterocycles. The quantitative estimate of drug-likeness (QED) is 0.713. The highest BCUT2D eigenvalue weighted by Crippen LogP contribution is 2.19. The Labute approximate surface area is 96.9 Å². The molecule has 0 spiro atoms. The van der Waals surface area contributed by atoms with Gasteiger partial charge in [0.05, 0.1) is 12.5 Å². The molecule has 6 nitrogen and oxygen atoms in total. The first-order valence-electron chi connectivity index (χ1n) is 5.12. The Bertz CT molecular complexity index is 387. The lowest BCUT2D eigenvalue weighted by molar-refractivity contribution is 0.341. The number of sulfonamides is 2. The van der Waals surface area contributed by atoms with Gasteiger partial charge in [0, 0.05) is 12.1 Å². The van der Waals surface area contributed by atoms with E-state index in [-0.39, 0.29) is 12.1 Å². The van der Waals surface area contributed by atoms with Crippen LogP contribution in [0.1, 0.15) is 25.7 Å². The molecule has 0 unspecified atom stereocenters. The SMILES string of the molecule is CS(=O)(=O)N[C@H]1CCCC[C@H]1NS(C)(=O)=O. The van der Waals surface area contributed by atoms with Gasteiger partial charge in [-0.15, -0.1) is 0 Å². The topological polar surface area (TPSA) is 92.3 Å². The Hall–Kier alpha value is -0.180. The second-order valence-corrected chi connectivity index (χ2v) is 7.84. The largest absolute Gasteiger partial charge is 0.213 e. The average Bonchev–Trinajstić information content (AvgIpc) is 2.03. The van der Waals surface area contributed by atoms with Crippen molar-refractivity contribution in [1.82, 2.24) is 9.44 Å². The van der Waals surface area contributed by atoms with Crippen molar-refractivity contribution in [3.8, 4) is 0 Å². The summed E-state index contributed by atoms with van der Waals surface area (Å²) in [6.07, 6.45) is 5.32. The molecule has 0 radical (unpaired) electrons. The van der Waals surface area contributed by atoms with Gasteiger partial charge in [-0.05, 0) is 12.8 Å². The molecule has 0 aromatic heterocycles. The number of hydrogen-bond acceptors (Lipinski definition) is 4. The van der Waals surface area contributed by atoms with Gasteiger partial charge >= 0.3 is 0 Å². The van der Waals surface area contributed by atoms with E-state index in [0.29, 0.717) is 12.8 Å². The summed E-state index contributed by atoms with van der Waals surface area (Å²) in [6, 6.07) is -0.669. The summed E-state index contributed by atoms with van der Waals surface area (Å²) in [5.41, 5.74) is 0. The zero-order chi connectivity index (χ0) is 12.4. The fraction of sp³-hybridized carbons (Fsp3) is 1.00. The predicted octanol–water partition coefficient (Wildman–Crippen LogP) is -0.604. The second-order valence-electron chi connectivity index (χ2n) is 4.28. The minimum Gasteiger partial charge on any atom is -0.213 e. The zero-order valence-corrected chi connectivity index (χ0v) is 11.1. The van der Waals surface area contributed by atoms with E-state index in [9.17, 15) is 16.8 Å². The molecular formula is C8H18N2O4S2. The monoisotopic (exact) mass is 270 g/mol. The lowest BCUT2D eigenvalue weighted by atomic mass is 9.92. The first kappa shape index (κ1) is 13.9. The van der Waals surface area contributed by atoms with Gasteiger partial charge in [-0.25, -0.2) is 26.3 Å². The summed E-state index contributed by atoms with van der Waals surface area (Å²) < 4.78 is 49.4. The van der Waals surface area contributed by atoms with Crippen molar-refractivity contribution in [2.45, 2.75) is 37.8 Å². The van der Waals surface area contributed by atoms with E-state index in [1.54, 1.807) is 0 Å². The lowest BCUT2D eigenvalue weighted by Crippen LogP contribution is -2.52. The van der Waals surface area contributed by atoms with Gasteiger partial charge in [0.1, 0.15) is 0 Å². The molecule has 2 atom stereocenters. The molecule has 0 amide bonds. The Morgan fingerprint density at radius 3 is 1.38 bits per heavy atom. The summed E-state index contributed by atoms with van der Waals surface area (Å²) in [5, 5.41) is 0. The number of hydrogen-bond donors (Lipinski definition) is 2. The van der Waals surface area contributed by atoms with Crippen molar-refractivity contribution in [3.05, 3.63) is 0 Å². The predicted molar refractivity (Wildman–Crippen MR) is 62.0 cm³/mol. The second kappa shape index (κ2) is 4.99. The highest BCUT2D eigenvalue weighted by molar-refractivity contribution is 7.89. The summed E-state index contributed by atoms with van der Waals surface area (Å²) in [6.45, 7) is 0. The van der Waals surface area contributed by atoms with Crippen LogP contribution in [-0.4, -0.2) is 41.4 Å². The molecule has 1 saturated carbocycles. The van der Waals surface area contributed by atoms with Crippen molar-refractivity contribution < 1.29 is 16.8 Å². The fourth-order valence-corrected chi connectivity index (χ4v) is 3.63. The standard InChI is InChI=1S/C8H18N2O4S2/c1-15(11,12)9-7-5-3-4-6-8(7)10-16(2,13)14/h7-10H,3-6H2,1-2H3/t7-,8+. The van der Waals surface area contributed by atoms with E-state index in [0.717, 1.165) is 25.4 Å². The normalized spacial score (nSPS) is 27.9. The zero-order valence-electron chi connectivity index (χ0n) is 9.43. The summed E-state index contributed by atoms with van der Waals surface area (Å²) in [5.74, 6) is 0. The average molecular weight is 270 g/mol. The van der Waals surface area contributed by atoms with Crippen LogP contribution in [0.25, 0.3) is 0 Å². The molecule has 0 aromatic rings. The van der Waals surface area contributed by atoms with Crippen LogP contribution < -0.4 is 9.44 Å². The van der Waals surface area contributed by atoms with Crippen molar-refractivity contribution in [2.24, 2.45) is 0 Å². The molecule has 1 aliphatic carbocycles. The maximum absolute atomic E-state index is 11.1. The van der Waals surface area contributed by atoms with Crippen LogP contribution in [-0.2, 0) is 20.0 Å². The van der Waals surface area contributed by atoms with E-state index in [1.165, 1.54) is 0 Å². The van der Waals surface area contributed by atoms with Crippen molar-refractivity contribution in [1.29, 1.82) is 0 Å². The van der Waals surface area contributed by atoms with Crippen LogP contribution in [0.3, 0.4) is 0 Å². The van der Waals surface area contributed by atoms with Crippen LogP contribution in [0, 0.1) is 0 Å². The first-order valence-corrected chi connectivity index (χ1v) is 8.90. The van der Waals surface area contributed by atoms with Gasteiger partial charge in [-0.1, -0.05) is 12.8 Å². The Kier molecular flexibility index (Phi) is 4.33. The van der Waals surface area contributed by atoms with E-state index in [2.05, 4.69) is 9.44 Å². The molecule has 1 fully saturated rings. The van der Waals surface area contributed by atoms with Crippen molar-refractivity contribution >= 4 is 20.0 Å². The summed E-state index contributed by atoms with van der Waals surface area (Å²) >= 11 is 0. The third-order valence-corrected chi connectivity index (χ3v) is 3.96. The van der Waals surface area contributed by atoms with Crippen molar-refractivity contribution in [3.63, 3.8) is 0 Å². The molecule has 2 N–H and O–H groups in total. The van der Waals surface area contributed by atoms with Crippen LogP contribution in [0.4, 0.5) is 0 Å². The maximum Gasteiger partial charge on any atom is 0.209 e. The Morgan fingerprint density at radius 2 is 1.12 bits per heavy atom. The van der Waals surface area contributed by atoms with Crippen LogP contribution >= 0.6 is 0 Å². The maximum atomic E-state index is 11.1. The van der Waals surface area contributed by atoms with Crippen LogP contribution in [0.5, 0.6) is 0 Å². The third-order valence-electron chi connectivity index (χ3n) is 2.50. The third kappa shape index (κ3) is 5.24. The van der Waals surface area contributed by atoms with Gasteiger partial charge in [0.2, 0.25) is 20.0 Å². The first-order chi connectivity index (χ1) is 7.17. The summed E-state index contributed by atoms with van der Waals surface area (Å²) in [7, 11) is -6.59. The van der Waals surface area contributed by atoms with E-state index < -0.39 is 20.0 Å². The highest BCUT2D eigenvalue weighted by atomic mass is 32.2. The molecule has 0 saturated heterocycles. The van der Waals surface area contributed by atoms with Crippen LogP contribution in [0.2, 0.25) is 0 Å². The van der Waals surface area contributed by atoms with Gasteiger partial charge < -0.3 is 0 Å². The van der Waals surface area contributed by atoms with E-state index in [4.69, 9.17) is 0 Å². The van der Waals surface area contributed by atoms with Gasteiger partial charge in [-0.3, -0.25) is 0 Å². The molecular weight excluding hydrogens is 252 g/mol. The van der Waals surface area contributed by atoms with E-state index in [1.807, 2.05) is 0 Å². The van der Waals surface area contributed by atoms with Crippen molar-refractivity contribution in [2.75, 3.05) is 12.5 Å². The number of rotatable bonds is 4. The molecule has 1 aliphatic rings. The summed E-state index contributed by atoms with van der Waals surface area (Å²) in [4.78, 5) is 0. The molecule has 8 heteroatoms. The fourth-order valence-electron chi connectivity index (χ4n) is 1.96. The highest BCUT2D eigenvalue weighted by Gasteiger charge is 2.29. The minimum atomic E-state index is -3.30. The van der Waals surface area contributed by atoms with Gasteiger partial charge in [0.25, 0.3) is 0 Å². The molecule has 16 heavy (non-hydrogen) atoms.